The summed E-state index contributed by atoms with van der Waals surface area (Å²) in [5.41, 5.74) is 1.18. The lowest BCUT2D eigenvalue weighted by atomic mass is 9.83. The molecule has 3 nitrogen and oxygen atoms in total. The maximum atomic E-state index is 13.2. The Morgan fingerprint density at radius 2 is 1.67 bits per heavy atom. The molecule has 1 aliphatic rings. The summed E-state index contributed by atoms with van der Waals surface area (Å²) >= 11 is 6.06. The maximum absolute atomic E-state index is 13.2. The zero-order valence-corrected chi connectivity index (χ0v) is 16.8. The van der Waals surface area contributed by atoms with Gasteiger partial charge in [0.2, 0.25) is 0 Å². The Bertz CT molecular complexity index is 725. The molecule has 0 saturated carbocycles. The van der Waals surface area contributed by atoms with Gasteiger partial charge in [-0.3, -0.25) is 4.90 Å². The van der Waals surface area contributed by atoms with Gasteiger partial charge in [-0.15, -0.1) is 0 Å². The van der Waals surface area contributed by atoms with Crippen molar-refractivity contribution in [3.63, 3.8) is 0 Å². The van der Waals surface area contributed by atoms with Crippen molar-refractivity contribution in [2.45, 2.75) is 30.9 Å². The Balaban J connectivity index is 1.73. The van der Waals surface area contributed by atoms with Crippen LogP contribution in [0.25, 0.3) is 0 Å². The van der Waals surface area contributed by atoms with E-state index in [4.69, 9.17) is 11.6 Å². The number of hydrogen-bond donors (Lipinski definition) is 1. The number of piperidine rings is 1. The zero-order valence-electron chi connectivity index (χ0n) is 16.0. The van der Waals surface area contributed by atoms with Crippen LogP contribution >= 0.6 is 11.6 Å². The lowest BCUT2D eigenvalue weighted by molar-refractivity contribution is -0.0375. The second-order valence-corrected chi connectivity index (χ2v) is 8.17. The highest BCUT2D eigenvalue weighted by Gasteiger charge is 2.36. The summed E-state index contributed by atoms with van der Waals surface area (Å²) in [7, 11) is 4.17. The normalized spacial score (nSPS) is 18.6. The van der Waals surface area contributed by atoms with Crippen molar-refractivity contribution in [2.75, 3.05) is 33.7 Å². The van der Waals surface area contributed by atoms with Crippen molar-refractivity contribution in [3.8, 4) is 0 Å². The lowest BCUT2D eigenvalue weighted by Gasteiger charge is -2.42. The summed E-state index contributed by atoms with van der Waals surface area (Å²) in [4.78, 5) is 4.65. The average molecular weight is 391 g/mol. The Morgan fingerprint density at radius 3 is 2.22 bits per heavy atom. The molecule has 0 spiro atoms. The molecule has 0 aromatic heterocycles. The maximum Gasteiger partial charge on any atom is 0.123 e. The SMILES string of the molecule is CN(C)CCC(c1ccc(Cl)cc1)N1CCC(O)(c2ccc(F)cc2)CC1. The van der Waals surface area contributed by atoms with Crippen molar-refractivity contribution in [1.82, 2.24) is 9.80 Å². The summed E-state index contributed by atoms with van der Waals surface area (Å²) in [5, 5.41) is 11.8. The Hall–Kier alpha value is -1.46. The summed E-state index contributed by atoms with van der Waals surface area (Å²) in [5.74, 6) is -0.272. The highest BCUT2D eigenvalue weighted by Crippen LogP contribution is 2.37. The van der Waals surface area contributed by atoms with E-state index < -0.39 is 5.60 Å². The number of nitrogens with zero attached hydrogens (tertiary/aromatic N) is 2. The van der Waals surface area contributed by atoms with Gasteiger partial charge in [0, 0.05) is 24.2 Å². The first kappa shape index (κ1) is 20.3. The van der Waals surface area contributed by atoms with E-state index in [1.807, 2.05) is 12.1 Å². The number of likely N-dealkylation sites (tertiary alicyclic amines) is 1. The predicted octanol–water partition coefficient (Wildman–Crippen LogP) is 4.46. The number of benzene rings is 2. The van der Waals surface area contributed by atoms with E-state index in [2.05, 4.69) is 36.0 Å². The van der Waals surface area contributed by atoms with Gasteiger partial charge in [-0.25, -0.2) is 4.39 Å². The first-order chi connectivity index (χ1) is 12.9. The van der Waals surface area contributed by atoms with Crippen LogP contribution < -0.4 is 0 Å². The number of rotatable bonds is 6. The lowest BCUT2D eigenvalue weighted by Crippen LogP contribution is -2.44. The van der Waals surface area contributed by atoms with E-state index in [1.165, 1.54) is 17.7 Å². The topological polar surface area (TPSA) is 26.7 Å². The molecule has 0 radical (unpaired) electrons. The van der Waals surface area contributed by atoms with Crippen LogP contribution in [-0.4, -0.2) is 48.6 Å². The fourth-order valence-corrected chi connectivity index (χ4v) is 4.01. The van der Waals surface area contributed by atoms with Crippen molar-refractivity contribution in [1.29, 1.82) is 0 Å². The number of halogens is 2. The summed E-state index contributed by atoms with van der Waals surface area (Å²) < 4.78 is 13.2. The largest absolute Gasteiger partial charge is 0.385 e. The molecule has 146 valence electrons. The number of aliphatic hydroxyl groups is 1. The molecule has 1 atom stereocenters. The Labute approximate surface area is 166 Å². The fraction of sp³-hybridized carbons (Fsp3) is 0.455. The minimum absolute atomic E-state index is 0.272. The van der Waals surface area contributed by atoms with Gasteiger partial charge in [-0.05, 0) is 75.3 Å². The third-order valence-corrected chi connectivity index (χ3v) is 5.80. The van der Waals surface area contributed by atoms with Crippen LogP contribution in [0.3, 0.4) is 0 Å². The van der Waals surface area contributed by atoms with E-state index in [1.54, 1.807) is 12.1 Å². The van der Waals surface area contributed by atoms with E-state index in [0.29, 0.717) is 18.9 Å². The minimum Gasteiger partial charge on any atom is -0.385 e. The monoisotopic (exact) mass is 390 g/mol. The average Bonchev–Trinajstić information content (AvgIpc) is 2.65. The van der Waals surface area contributed by atoms with Gasteiger partial charge in [-0.1, -0.05) is 35.9 Å². The molecule has 5 heteroatoms. The first-order valence-electron chi connectivity index (χ1n) is 9.50. The molecule has 1 heterocycles. The van der Waals surface area contributed by atoms with Gasteiger partial charge in [-0.2, -0.15) is 0 Å². The molecule has 2 aromatic carbocycles. The Kier molecular flexibility index (Phi) is 6.53. The van der Waals surface area contributed by atoms with E-state index in [-0.39, 0.29) is 5.82 Å². The highest BCUT2D eigenvalue weighted by atomic mass is 35.5. The van der Waals surface area contributed by atoms with Crippen LogP contribution in [-0.2, 0) is 5.60 Å². The third-order valence-electron chi connectivity index (χ3n) is 5.55. The van der Waals surface area contributed by atoms with Crippen molar-refractivity contribution < 1.29 is 9.50 Å². The van der Waals surface area contributed by atoms with Gasteiger partial charge in [0.1, 0.15) is 5.82 Å². The standard InChI is InChI=1S/C22H28ClFN2O/c1-25(2)14-11-21(17-3-7-19(23)8-4-17)26-15-12-22(27,13-16-26)18-5-9-20(24)10-6-18/h3-10,21,27H,11-16H2,1-2H3. The van der Waals surface area contributed by atoms with E-state index >= 15 is 0 Å². The van der Waals surface area contributed by atoms with Crippen LogP contribution in [0.15, 0.2) is 48.5 Å². The van der Waals surface area contributed by atoms with Gasteiger partial charge >= 0.3 is 0 Å². The van der Waals surface area contributed by atoms with Crippen molar-refractivity contribution in [2.24, 2.45) is 0 Å². The van der Waals surface area contributed by atoms with Crippen LogP contribution in [0, 0.1) is 5.82 Å². The van der Waals surface area contributed by atoms with Crippen LogP contribution in [0.2, 0.25) is 5.02 Å². The van der Waals surface area contributed by atoms with Gasteiger partial charge in [0.15, 0.2) is 0 Å². The highest BCUT2D eigenvalue weighted by molar-refractivity contribution is 6.30. The molecular weight excluding hydrogens is 363 g/mol. The molecule has 0 bridgehead atoms. The van der Waals surface area contributed by atoms with Gasteiger partial charge in [0.05, 0.1) is 5.60 Å². The molecule has 1 fully saturated rings. The second-order valence-electron chi connectivity index (χ2n) is 7.73. The molecule has 2 aromatic rings. The van der Waals surface area contributed by atoms with Crippen LogP contribution in [0.4, 0.5) is 4.39 Å². The fourth-order valence-electron chi connectivity index (χ4n) is 3.88. The summed E-state index contributed by atoms with van der Waals surface area (Å²) in [6.45, 7) is 2.59. The van der Waals surface area contributed by atoms with Crippen molar-refractivity contribution >= 4 is 11.6 Å². The zero-order chi connectivity index (χ0) is 19.4. The number of hydrogen-bond acceptors (Lipinski definition) is 3. The van der Waals surface area contributed by atoms with Gasteiger partial charge < -0.3 is 10.0 Å². The molecule has 27 heavy (non-hydrogen) atoms. The summed E-state index contributed by atoms with van der Waals surface area (Å²) in [6.07, 6.45) is 2.30. The minimum atomic E-state index is -0.879. The molecule has 1 saturated heterocycles. The smallest absolute Gasteiger partial charge is 0.123 e. The third kappa shape index (κ3) is 5.08. The van der Waals surface area contributed by atoms with E-state index in [9.17, 15) is 9.50 Å². The Morgan fingerprint density at radius 1 is 1.07 bits per heavy atom. The van der Waals surface area contributed by atoms with Crippen LogP contribution in [0.5, 0.6) is 0 Å². The quantitative estimate of drug-likeness (QED) is 0.789. The summed E-state index contributed by atoms with van der Waals surface area (Å²) in [6, 6.07) is 14.6. The second kappa shape index (κ2) is 8.70. The molecule has 1 N–H and O–H groups in total. The molecule has 0 aliphatic carbocycles. The molecule has 1 unspecified atom stereocenters. The first-order valence-corrected chi connectivity index (χ1v) is 9.88. The molecule has 0 amide bonds. The van der Waals surface area contributed by atoms with E-state index in [0.717, 1.165) is 36.6 Å². The van der Waals surface area contributed by atoms with Gasteiger partial charge in [0.25, 0.3) is 0 Å². The molecule has 1 aliphatic heterocycles. The molecule has 3 rings (SSSR count). The van der Waals surface area contributed by atoms with Crippen LogP contribution in [0.1, 0.15) is 36.4 Å². The molecular formula is C22H28ClFN2O. The predicted molar refractivity (Wildman–Crippen MR) is 108 cm³/mol. The van der Waals surface area contributed by atoms with Crippen molar-refractivity contribution in [3.05, 3.63) is 70.5 Å².